The molecule has 0 aliphatic heterocycles. The molecule has 6 nitrogen and oxygen atoms in total. The first-order chi connectivity index (χ1) is 12.5. The van der Waals surface area contributed by atoms with Crippen LogP contribution < -0.4 is 15.8 Å². The number of rotatable bonds is 4. The number of amides is 1. The number of carbonyl (C=O) groups excluding carboxylic acids is 2. The topological polar surface area (TPSA) is 90.6 Å². The van der Waals surface area contributed by atoms with Gasteiger partial charge in [-0.05, 0) is 30.3 Å². The molecule has 0 bridgehead atoms. The van der Waals surface area contributed by atoms with Crippen LogP contribution in [0, 0.1) is 11.6 Å². The SMILES string of the molecule is COC(=O)c1cc(Oc2c(F)ccc(NC(=O)C(F)(F)F)c2F)ccc1N. The second-order valence-electron chi connectivity index (χ2n) is 5.03. The Labute approximate surface area is 148 Å². The first-order valence-electron chi connectivity index (χ1n) is 7.06. The van der Waals surface area contributed by atoms with E-state index in [0.717, 1.165) is 13.2 Å². The first kappa shape index (κ1) is 19.9. The average Bonchev–Trinajstić information content (AvgIpc) is 2.60. The number of ether oxygens (including phenoxy) is 2. The number of hydrogen-bond acceptors (Lipinski definition) is 5. The second kappa shape index (κ2) is 7.48. The van der Waals surface area contributed by atoms with Gasteiger partial charge in [-0.2, -0.15) is 13.2 Å². The van der Waals surface area contributed by atoms with Crippen molar-refractivity contribution < 1.29 is 41.0 Å². The standard InChI is InChI=1S/C16H11F5N2O4/c1-26-14(24)8-6-7(2-4-10(8)22)27-13-9(17)3-5-11(12(13)18)23-15(25)16(19,20)21/h2-6H,22H2,1H3,(H,23,25). The van der Waals surface area contributed by atoms with Crippen molar-refractivity contribution in [2.45, 2.75) is 6.18 Å². The third-order valence-corrected chi connectivity index (χ3v) is 3.20. The van der Waals surface area contributed by atoms with Crippen molar-refractivity contribution in [3.8, 4) is 11.5 Å². The number of nitrogens with two attached hydrogens (primary N) is 1. The van der Waals surface area contributed by atoms with Crippen LogP contribution >= 0.6 is 0 Å². The molecule has 3 N–H and O–H groups in total. The predicted octanol–water partition coefficient (Wildman–Crippen LogP) is 3.63. The van der Waals surface area contributed by atoms with Gasteiger partial charge in [0.2, 0.25) is 5.75 Å². The Bertz CT molecular complexity index is 899. The fourth-order valence-corrected chi connectivity index (χ4v) is 1.92. The van der Waals surface area contributed by atoms with E-state index in [1.807, 2.05) is 0 Å². The van der Waals surface area contributed by atoms with Crippen LogP contribution in [0.15, 0.2) is 30.3 Å². The lowest BCUT2D eigenvalue weighted by atomic mass is 10.1. The molecule has 144 valence electrons. The quantitative estimate of drug-likeness (QED) is 0.473. The molecule has 0 unspecified atom stereocenters. The molecular formula is C16H11F5N2O4. The van der Waals surface area contributed by atoms with Crippen molar-refractivity contribution >= 4 is 23.3 Å². The van der Waals surface area contributed by atoms with Gasteiger partial charge in [-0.25, -0.2) is 13.6 Å². The van der Waals surface area contributed by atoms with Crippen molar-refractivity contribution in [3.63, 3.8) is 0 Å². The maximum Gasteiger partial charge on any atom is 0.471 e. The van der Waals surface area contributed by atoms with E-state index in [1.54, 1.807) is 0 Å². The Morgan fingerprint density at radius 2 is 1.78 bits per heavy atom. The molecule has 1 amide bonds. The van der Waals surface area contributed by atoms with Crippen LogP contribution in [0.1, 0.15) is 10.4 Å². The molecule has 0 radical (unpaired) electrons. The molecule has 0 spiro atoms. The summed E-state index contributed by atoms with van der Waals surface area (Å²) in [5.41, 5.74) is 4.48. The Morgan fingerprint density at radius 1 is 1.11 bits per heavy atom. The highest BCUT2D eigenvalue weighted by Crippen LogP contribution is 2.33. The molecule has 2 aromatic carbocycles. The number of alkyl halides is 3. The number of anilines is 2. The minimum atomic E-state index is -5.27. The van der Waals surface area contributed by atoms with Gasteiger partial charge in [-0.3, -0.25) is 4.79 Å². The van der Waals surface area contributed by atoms with Gasteiger partial charge in [-0.1, -0.05) is 0 Å². The maximum atomic E-state index is 14.3. The fourth-order valence-electron chi connectivity index (χ4n) is 1.92. The third-order valence-electron chi connectivity index (χ3n) is 3.20. The summed E-state index contributed by atoms with van der Waals surface area (Å²) < 4.78 is 74.5. The van der Waals surface area contributed by atoms with Crippen LogP contribution in [0.3, 0.4) is 0 Å². The molecule has 2 rings (SSSR count). The maximum absolute atomic E-state index is 14.3. The Hall–Kier alpha value is -3.37. The van der Waals surface area contributed by atoms with Gasteiger partial charge in [0.25, 0.3) is 0 Å². The summed E-state index contributed by atoms with van der Waals surface area (Å²) in [7, 11) is 1.08. The lowest BCUT2D eigenvalue weighted by Crippen LogP contribution is -2.30. The lowest BCUT2D eigenvalue weighted by Gasteiger charge is -2.13. The molecule has 0 fully saturated rings. The number of carbonyl (C=O) groups is 2. The second-order valence-corrected chi connectivity index (χ2v) is 5.03. The number of hydrogen-bond donors (Lipinski definition) is 2. The lowest BCUT2D eigenvalue weighted by molar-refractivity contribution is -0.167. The number of methoxy groups -OCH3 is 1. The van der Waals surface area contributed by atoms with Crippen LogP contribution in [0.5, 0.6) is 11.5 Å². The van der Waals surface area contributed by atoms with E-state index in [-0.39, 0.29) is 17.0 Å². The number of halogens is 5. The molecule has 0 atom stereocenters. The molecule has 2 aromatic rings. The van der Waals surface area contributed by atoms with E-state index in [2.05, 4.69) is 4.74 Å². The van der Waals surface area contributed by atoms with Gasteiger partial charge >= 0.3 is 18.1 Å². The van der Waals surface area contributed by atoms with Crippen LogP contribution in [-0.2, 0) is 9.53 Å². The van der Waals surface area contributed by atoms with Gasteiger partial charge in [0.15, 0.2) is 11.6 Å². The zero-order chi connectivity index (χ0) is 20.4. The van der Waals surface area contributed by atoms with Gasteiger partial charge in [0.05, 0.1) is 18.4 Å². The molecule has 0 saturated carbocycles. The number of benzene rings is 2. The highest BCUT2D eigenvalue weighted by Gasteiger charge is 2.39. The molecule has 0 aromatic heterocycles. The van der Waals surface area contributed by atoms with Crippen molar-refractivity contribution in [3.05, 3.63) is 47.5 Å². The van der Waals surface area contributed by atoms with Crippen molar-refractivity contribution in [1.29, 1.82) is 0 Å². The van der Waals surface area contributed by atoms with E-state index in [4.69, 9.17) is 10.5 Å². The van der Waals surface area contributed by atoms with E-state index < -0.39 is 41.1 Å². The summed E-state index contributed by atoms with van der Waals surface area (Å²) in [6, 6.07) is 4.60. The summed E-state index contributed by atoms with van der Waals surface area (Å²) >= 11 is 0. The average molecular weight is 390 g/mol. The van der Waals surface area contributed by atoms with Gasteiger partial charge in [0.1, 0.15) is 5.75 Å². The van der Waals surface area contributed by atoms with E-state index >= 15 is 0 Å². The molecule has 27 heavy (non-hydrogen) atoms. The summed E-state index contributed by atoms with van der Waals surface area (Å²) in [5, 5.41) is 1.27. The minimum absolute atomic E-state index is 0.00124. The summed E-state index contributed by atoms with van der Waals surface area (Å²) in [6.07, 6.45) is -5.27. The molecule has 0 aliphatic carbocycles. The number of esters is 1. The smallest absolute Gasteiger partial charge is 0.465 e. The van der Waals surface area contributed by atoms with Crippen molar-refractivity contribution in [2.24, 2.45) is 0 Å². The summed E-state index contributed by atoms with van der Waals surface area (Å²) in [6.45, 7) is 0. The number of nitrogens with one attached hydrogen (secondary N) is 1. The van der Waals surface area contributed by atoms with Crippen molar-refractivity contribution in [2.75, 3.05) is 18.2 Å². The minimum Gasteiger partial charge on any atom is -0.465 e. The summed E-state index contributed by atoms with van der Waals surface area (Å²) in [4.78, 5) is 22.5. The van der Waals surface area contributed by atoms with Gasteiger partial charge in [-0.15, -0.1) is 0 Å². The molecule has 0 heterocycles. The fraction of sp³-hybridized carbons (Fsp3) is 0.125. The molecule has 0 saturated heterocycles. The van der Waals surface area contributed by atoms with Crippen LogP contribution in [-0.4, -0.2) is 25.2 Å². The van der Waals surface area contributed by atoms with E-state index in [0.29, 0.717) is 12.1 Å². The molecule has 0 aliphatic rings. The highest BCUT2D eigenvalue weighted by molar-refractivity contribution is 5.96. The summed E-state index contributed by atoms with van der Waals surface area (Å²) in [5.74, 6) is -7.46. The van der Waals surface area contributed by atoms with Crippen LogP contribution in [0.25, 0.3) is 0 Å². The Morgan fingerprint density at radius 3 is 2.37 bits per heavy atom. The van der Waals surface area contributed by atoms with Crippen molar-refractivity contribution in [1.82, 2.24) is 0 Å². The van der Waals surface area contributed by atoms with Crippen LogP contribution in [0.2, 0.25) is 0 Å². The third kappa shape index (κ3) is 4.43. The van der Waals surface area contributed by atoms with E-state index in [9.17, 15) is 31.5 Å². The molecular weight excluding hydrogens is 379 g/mol. The first-order valence-corrected chi connectivity index (χ1v) is 7.06. The predicted molar refractivity (Wildman–Crippen MR) is 83.3 cm³/mol. The van der Waals surface area contributed by atoms with Crippen LogP contribution in [0.4, 0.5) is 33.3 Å². The largest absolute Gasteiger partial charge is 0.471 e. The number of nitrogen functional groups attached to an aromatic ring is 1. The van der Waals surface area contributed by atoms with E-state index in [1.165, 1.54) is 17.4 Å². The Balaban J connectivity index is 2.38. The van der Waals surface area contributed by atoms with Gasteiger partial charge in [0, 0.05) is 5.69 Å². The zero-order valence-corrected chi connectivity index (χ0v) is 13.5. The monoisotopic (exact) mass is 390 g/mol. The normalized spacial score (nSPS) is 11.0. The highest BCUT2D eigenvalue weighted by atomic mass is 19.4. The zero-order valence-electron chi connectivity index (χ0n) is 13.5. The van der Waals surface area contributed by atoms with Gasteiger partial charge < -0.3 is 20.5 Å². The Kier molecular flexibility index (Phi) is 5.52. The molecule has 11 heteroatoms.